The maximum Gasteiger partial charge on any atom is 0.0239 e. The maximum absolute atomic E-state index is 2.70. The molecule has 74 valence electrons. The molecule has 0 N–H and O–H groups in total. The van der Waals surface area contributed by atoms with Gasteiger partial charge in [-0.05, 0) is 37.8 Å². The lowest BCUT2D eigenvalue weighted by Crippen LogP contribution is -2.30. The Morgan fingerprint density at radius 3 is 2.57 bits per heavy atom. The van der Waals surface area contributed by atoms with Crippen molar-refractivity contribution in [3.05, 3.63) is 35.9 Å². The molecule has 2 fully saturated rings. The van der Waals surface area contributed by atoms with Gasteiger partial charge >= 0.3 is 0 Å². The van der Waals surface area contributed by atoms with Crippen LogP contribution in [0.1, 0.15) is 31.2 Å². The van der Waals surface area contributed by atoms with E-state index in [1.165, 1.54) is 44.3 Å². The van der Waals surface area contributed by atoms with Crippen molar-refractivity contribution < 1.29 is 0 Å². The molecular weight excluding hydrogens is 170 g/mol. The van der Waals surface area contributed by atoms with E-state index in [1.54, 1.807) is 0 Å². The van der Waals surface area contributed by atoms with Crippen LogP contribution in [0.4, 0.5) is 0 Å². The highest BCUT2D eigenvalue weighted by molar-refractivity contribution is 5.17. The van der Waals surface area contributed by atoms with Crippen LogP contribution >= 0.6 is 0 Å². The summed E-state index contributed by atoms with van der Waals surface area (Å²) in [6, 6.07) is 10.9. The zero-order valence-corrected chi connectivity index (χ0v) is 8.58. The van der Waals surface area contributed by atoms with Crippen LogP contribution in [0.15, 0.2) is 30.3 Å². The van der Waals surface area contributed by atoms with E-state index in [0.29, 0.717) is 5.54 Å². The number of hydrogen-bond donors (Lipinski definition) is 0. The molecule has 1 nitrogen and oxygen atoms in total. The lowest BCUT2D eigenvalue weighted by Gasteiger charge is -2.23. The zero-order valence-electron chi connectivity index (χ0n) is 8.58. The molecule has 1 aliphatic heterocycles. The first-order chi connectivity index (χ1) is 6.89. The van der Waals surface area contributed by atoms with Gasteiger partial charge < -0.3 is 0 Å². The van der Waals surface area contributed by atoms with Gasteiger partial charge in [0.1, 0.15) is 0 Å². The van der Waals surface area contributed by atoms with Crippen molar-refractivity contribution in [2.75, 3.05) is 6.54 Å². The van der Waals surface area contributed by atoms with Gasteiger partial charge in [-0.3, -0.25) is 4.90 Å². The van der Waals surface area contributed by atoms with Crippen molar-refractivity contribution in [3.8, 4) is 0 Å². The number of nitrogens with zero attached hydrogens (tertiary/aromatic N) is 1. The van der Waals surface area contributed by atoms with E-state index in [4.69, 9.17) is 0 Å². The Morgan fingerprint density at radius 1 is 1.07 bits per heavy atom. The normalized spacial score (nSPS) is 24.3. The molecule has 1 heterocycles. The minimum Gasteiger partial charge on any atom is -0.293 e. The summed E-state index contributed by atoms with van der Waals surface area (Å²) in [4.78, 5) is 2.70. The van der Waals surface area contributed by atoms with Crippen molar-refractivity contribution in [1.29, 1.82) is 0 Å². The topological polar surface area (TPSA) is 3.24 Å². The number of hydrogen-bond acceptors (Lipinski definition) is 1. The number of likely N-dealkylation sites (tertiary alicyclic amines) is 1. The van der Waals surface area contributed by atoms with Crippen molar-refractivity contribution in [3.63, 3.8) is 0 Å². The first-order valence-corrected chi connectivity index (χ1v) is 5.68. The summed E-state index contributed by atoms with van der Waals surface area (Å²) >= 11 is 0. The molecule has 1 saturated carbocycles. The third-order valence-corrected chi connectivity index (χ3v) is 3.78. The van der Waals surface area contributed by atoms with Gasteiger partial charge in [0.2, 0.25) is 0 Å². The van der Waals surface area contributed by atoms with Crippen molar-refractivity contribution in [1.82, 2.24) is 4.90 Å². The fraction of sp³-hybridized carbons (Fsp3) is 0.538. The largest absolute Gasteiger partial charge is 0.293 e. The second-order valence-corrected chi connectivity index (χ2v) is 4.74. The predicted octanol–water partition coefficient (Wildman–Crippen LogP) is 2.82. The summed E-state index contributed by atoms with van der Waals surface area (Å²) in [7, 11) is 0. The van der Waals surface area contributed by atoms with Gasteiger partial charge in [-0.2, -0.15) is 0 Å². The van der Waals surface area contributed by atoms with Gasteiger partial charge in [0.05, 0.1) is 0 Å². The molecule has 0 atom stereocenters. The quantitative estimate of drug-likeness (QED) is 0.688. The molecule has 0 unspecified atom stereocenters. The summed E-state index contributed by atoms with van der Waals surface area (Å²) in [5.74, 6) is 0. The van der Waals surface area contributed by atoms with Crippen LogP contribution in [0.3, 0.4) is 0 Å². The highest BCUT2D eigenvalue weighted by atomic mass is 15.2. The van der Waals surface area contributed by atoms with E-state index in [1.807, 2.05) is 0 Å². The van der Waals surface area contributed by atoms with Crippen LogP contribution in [-0.2, 0) is 6.54 Å². The second-order valence-electron chi connectivity index (χ2n) is 4.74. The Kier molecular flexibility index (Phi) is 1.88. The Hall–Kier alpha value is -0.820. The number of benzene rings is 1. The van der Waals surface area contributed by atoms with Gasteiger partial charge in [-0.15, -0.1) is 0 Å². The minimum absolute atomic E-state index is 0.649. The maximum atomic E-state index is 2.70. The lowest BCUT2D eigenvalue weighted by molar-refractivity contribution is 0.227. The minimum atomic E-state index is 0.649. The van der Waals surface area contributed by atoms with Crippen LogP contribution in [0.5, 0.6) is 0 Å². The van der Waals surface area contributed by atoms with Crippen LogP contribution in [-0.4, -0.2) is 17.0 Å². The average Bonchev–Trinajstić information content (AvgIpc) is 2.89. The van der Waals surface area contributed by atoms with E-state index in [2.05, 4.69) is 35.2 Å². The highest BCUT2D eigenvalue weighted by Crippen LogP contribution is 2.49. The van der Waals surface area contributed by atoms with Crippen LogP contribution in [0.2, 0.25) is 0 Å². The van der Waals surface area contributed by atoms with Gasteiger partial charge in [0.15, 0.2) is 0 Å². The molecule has 1 aromatic carbocycles. The third kappa shape index (κ3) is 1.36. The molecular formula is C13H17N. The highest BCUT2D eigenvalue weighted by Gasteiger charge is 2.50. The van der Waals surface area contributed by atoms with Crippen molar-refractivity contribution >= 4 is 0 Å². The van der Waals surface area contributed by atoms with Crippen LogP contribution in [0.25, 0.3) is 0 Å². The third-order valence-electron chi connectivity index (χ3n) is 3.78. The van der Waals surface area contributed by atoms with E-state index in [-0.39, 0.29) is 0 Å². The molecule has 0 amide bonds. The van der Waals surface area contributed by atoms with Crippen LogP contribution < -0.4 is 0 Å². The van der Waals surface area contributed by atoms with Crippen LogP contribution in [0, 0.1) is 0 Å². The molecule has 1 saturated heterocycles. The van der Waals surface area contributed by atoms with E-state index < -0.39 is 0 Å². The second kappa shape index (κ2) is 3.09. The summed E-state index contributed by atoms with van der Waals surface area (Å²) in [6.45, 7) is 2.48. The summed E-state index contributed by atoms with van der Waals surface area (Å²) < 4.78 is 0. The molecule has 3 rings (SSSR count). The SMILES string of the molecule is c1ccc(CN2CCCC23CC3)cc1. The monoisotopic (exact) mass is 187 g/mol. The molecule has 1 heteroatoms. The van der Waals surface area contributed by atoms with Gasteiger partial charge in [0.25, 0.3) is 0 Å². The van der Waals surface area contributed by atoms with E-state index in [0.717, 1.165) is 0 Å². The van der Waals surface area contributed by atoms with Gasteiger partial charge in [0, 0.05) is 12.1 Å². The molecule has 14 heavy (non-hydrogen) atoms. The molecule has 0 radical (unpaired) electrons. The van der Waals surface area contributed by atoms with E-state index >= 15 is 0 Å². The zero-order chi connectivity index (χ0) is 9.43. The summed E-state index contributed by atoms with van der Waals surface area (Å²) in [5.41, 5.74) is 2.12. The molecule has 1 spiro atoms. The lowest BCUT2D eigenvalue weighted by atomic mass is 10.1. The standard InChI is InChI=1S/C13H17N/c1-2-5-12(6-3-1)11-14-10-4-7-13(14)8-9-13/h1-3,5-6H,4,7-11H2. The van der Waals surface area contributed by atoms with E-state index in [9.17, 15) is 0 Å². The summed E-state index contributed by atoms with van der Waals surface area (Å²) in [6.07, 6.45) is 5.74. The Balaban J connectivity index is 1.73. The number of rotatable bonds is 2. The Labute approximate surface area is 85.7 Å². The smallest absolute Gasteiger partial charge is 0.0239 e. The fourth-order valence-corrected chi connectivity index (χ4v) is 2.76. The van der Waals surface area contributed by atoms with Crippen molar-refractivity contribution in [2.45, 2.75) is 37.8 Å². The summed E-state index contributed by atoms with van der Waals surface area (Å²) in [5, 5.41) is 0. The van der Waals surface area contributed by atoms with Gasteiger partial charge in [-0.1, -0.05) is 30.3 Å². The Bertz CT molecular complexity index is 313. The first-order valence-electron chi connectivity index (χ1n) is 5.68. The predicted molar refractivity (Wildman–Crippen MR) is 58.1 cm³/mol. The fourth-order valence-electron chi connectivity index (χ4n) is 2.76. The van der Waals surface area contributed by atoms with Crippen molar-refractivity contribution in [2.24, 2.45) is 0 Å². The molecule has 1 aliphatic carbocycles. The average molecular weight is 187 g/mol. The molecule has 0 bridgehead atoms. The van der Waals surface area contributed by atoms with Gasteiger partial charge in [-0.25, -0.2) is 0 Å². The molecule has 1 aromatic rings. The first kappa shape index (κ1) is 8.49. The molecule has 2 aliphatic rings. The molecule has 0 aromatic heterocycles. The Morgan fingerprint density at radius 2 is 1.86 bits per heavy atom.